The first-order chi connectivity index (χ1) is 10.5. The lowest BCUT2D eigenvalue weighted by Gasteiger charge is -2.23. The lowest BCUT2D eigenvalue weighted by atomic mass is 9.96. The highest BCUT2D eigenvalue weighted by molar-refractivity contribution is 5.96. The molecule has 0 heterocycles. The minimum Gasteiger partial charge on any atom is -0.481 e. The van der Waals surface area contributed by atoms with E-state index in [2.05, 4.69) is 10.6 Å². The summed E-state index contributed by atoms with van der Waals surface area (Å²) in [5, 5.41) is 5.19. The third-order valence-corrected chi connectivity index (χ3v) is 3.88. The largest absolute Gasteiger partial charge is 0.481 e. The van der Waals surface area contributed by atoms with Gasteiger partial charge in [-0.2, -0.15) is 0 Å². The van der Waals surface area contributed by atoms with Crippen LogP contribution >= 0.6 is 0 Å². The van der Waals surface area contributed by atoms with Gasteiger partial charge in [-0.25, -0.2) is 4.79 Å². The minimum absolute atomic E-state index is 0.176. The fourth-order valence-corrected chi connectivity index (χ4v) is 2.56. The molecule has 1 saturated carbocycles. The Morgan fingerprint density at radius 2 is 1.77 bits per heavy atom. The van der Waals surface area contributed by atoms with Crippen molar-refractivity contribution in [2.75, 3.05) is 0 Å². The smallest absolute Gasteiger partial charge is 0.321 e. The van der Waals surface area contributed by atoms with Gasteiger partial charge in [-0.3, -0.25) is 10.1 Å². The Labute approximate surface area is 131 Å². The van der Waals surface area contributed by atoms with Crippen LogP contribution in [0, 0.1) is 6.92 Å². The van der Waals surface area contributed by atoms with Crippen LogP contribution in [-0.4, -0.2) is 24.1 Å². The first kappa shape index (κ1) is 16.3. The maximum atomic E-state index is 12.0. The van der Waals surface area contributed by atoms with Crippen LogP contribution in [0.2, 0.25) is 0 Å². The summed E-state index contributed by atoms with van der Waals surface area (Å²) in [5.74, 6) is 0.176. The van der Waals surface area contributed by atoms with Crippen LogP contribution in [-0.2, 0) is 4.79 Å². The van der Waals surface area contributed by atoms with E-state index >= 15 is 0 Å². The van der Waals surface area contributed by atoms with Gasteiger partial charge in [0.25, 0.3) is 5.91 Å². The number of nitrogens with one attached hydrogen (secondary N) is 2. The van der Waals surface area contributed by atoms with Crippen LogP contribution in [0.15, 0.2) is 24.3 Å². The van der Waals surface area contributed by atoms with Crippen molar-refractivity contribution in [2.45, 2.75) is 58.1 Å². The molecular weight excluding hydrogens is 280 g/mol. The Morgan fingerprint density at radius 1 is 1.14 bits per heavy atom. The highest BCUT2D eigenvalue weighted by Crippen LogP contribution is 2.17. The van der Waals surface area contributed by atoms with Crippen LogP contribution in [0.5, 0.6) is 5.75 Å². The molecule has 1 atom stereocenters. The molecule has 1 aliphatic rings. The molecule has 0 unspecified atom stereocenters. The summed E-state index contributed by atoms with van der Waals surface area (Å²) < 4.78 is 5.53. The second-order valence-electron chi connectivity index (χ2n) is 5.87. The standard InChI is InChI=1S/C17H24N2O3/c1-12-8-10-15(11-9-12)22-13(2)16(20)19-17(21)18-14-6-4-3-5-7-14/h8-11,13-14H,3-7H2,1-2H3,(H2,18,19,20,21)/t13-/m1/s1. The first-order valence-electron chi connectivity index (χ1n) is 7.89. The van der Waals surface area contributed by atoms with Gasteiger partial charge < -0.3 is 10.1 Å². The zero-order valence-electron chi connectivity index (χ0n) is 13.2. The molecule has 1 aliphatic carbocycles. The van der Waals surface area contributed by atoms with Crippen molar-refractivity contribution in [2.24, 2.45) is 0 Å². The van der Waals surface area contributed by atoms with Crippen molar-refractivity contribution in [1.29, 1.82) is 0 Å². The molecule has 22 heavy (non-hydrogen) atoms. The van der Waals surface area contributed by atoms with Crippen LogP contribution < -0.4 is 15.4 Å². The lowest BCUT2D eigenvalue weighted by molar-refractivity contribution is -0.126. The number of carbonyl (C=O) groups excluding carboxylic acids is 2. The van der Waals surface area contributed by atoms with Crippen molar-refractivity contribution < 1.29 is 14.3 Å². The quantitative estimate of drug-likeness (QED) is 0.898. The zero-order chi connectivity index (χ0) is 15.9. The lowest BCUT2D eigenvalue weighted by Crippen LogP contribution is -2.48. The molecular formula is C17H24N2O3. The van der Waals surface area contributed by atoms with Gasteiger partial charge in [0, 0.05) is 6.04 Å². The number of hydrogen-bond acceptors (Lipinski definition) is 3. The normalized spacial score (nSPS) is 16.6. The average molecular weight is 304 g/mol. The van der Waals surface area contributed by atoms with Gasteiger partial charge >= 0.3 is 6.03 Å². The van der Waals surface area contributed by atoms with Gasteiger partial charge in [0.1, 0.15) is 5.75 Å². The SMILES string of the molecule is Cc1ccc(O[C@H](C)C(=O)NC(=O)NC2CCCCC2)cc1. The summed E-state index contributed by atoms with van der Waals surface area (Å²) in [7, 11) is 0. The average Bonchev–Trinajstić information content (AvgIpc) is 2.50. The van der Waals surface area contributed by atoms with Crippen molar-refractivity contribution in [1.82, 2.24) is 10.6 Å². The van der Waals surface area contributed by atoms with Crippen molar-refractivity contribution in [3.8, 4) is 5.75 Å². The molecule has 120 valence electrons. The number of amides is 3. The van der Waals surface area contributed by atoms with E-state index in [0.29, 0.717) is 5.75 Å². The van der Waals surface area contributed by atoms with Gasteiger partial charge in [-0.15, -0.1) is 0 Å². The second kappa shape index (κ2) is 7.82. The van der Waals surface area contributed by atoms with Crippen LogP contribution in [0.25, 0.3) is 0 Å². The fraction of sp³-hybridized carbons (Fsp3) is 0.529. The summed E-state index contributed by atoms with van der Waals surface area (Å²) in [6.45, 7) is 3.61. The van der Waals surface area contributed by atoms with E-state index in [0.717, 1.165) is 31.2 Å². The van der Waals surface area contributed by atoms with E-state index in [9.17, 15) is 9.59 Å². The number of ether oxygens (including phenoxy) is 1. The topological polar surface area (TPSA) is 67.4 Å². The van der Waals surface area contributed by atoms with E-state index < -0.39 is 18.0 Å². The van der Waals surface area contributed by atoms with E-state index in [1.54, 1.807) is 19.1 Å². The predicted molar refractivity (Wildman–Crippen MR) is 84.8 cm³/mol. The number of imide groups is 1. The zero-order valence-corrected chi connectivity index (χ0v) is 13.2. The third-order valence-electron chi connectivity index (χ3n) is 3.88. The van der Waals surface area contributed by atoms with Gasteiger partial charge in [0.05, 0.1) is 0 Å². The Balaban J connectivity index is 1.77. The predicted octanol–water partition coefficient (Wildman–Crippen LogP) is 2.92. The van der Waals surface area contributed by atoms with E-state index in [1.807, 2.05) is 19.1 Å². The van der Waals surface area contributed by atoms with Crippen LogP contribution in [0.4, 0.5) is 4.79 Å². The molecule has 2 rings (SSSR count). The minimum atomic E-state index is -0.722. The summed E-state index contributed by atoms with van der Waals surface area (Å²) in [5.41, 5.74) is 1.12. The molecule has 5 nitrogen and oxygen atoms in total. The van der Waals surface area contributed by atoms with Crippen LogP contribution in [0.1, 0.15) is 44.6 Å². The monoisotopic (exact) mass is 304 g/mol. The highest BCUT2D eigenvalue weighted by atomic mass is 16.5. The molecule has 1 aromatic rings. The molecule has 0 aromatic heterocycles. The van der Waals surface area contributed by atoms with Gasteiger partial charge in [0.15, 0.2) is 6.10 Å². The molecule has 0 bridgehead atoms. The molecule has 0 spiro atoms. The number of rotatable bonds is 4. The van der Waals surface area contributed by atoms with Crippen LogP contribution in [0.3, 0.4) is 0 Å². The summed E-state index contributed by atoms with van der Waals surface area (Å²) in [6.07, 6.45) is 4.73. The van der Waals surface area contributed by atoms with Gasteiger partial charge in [-0.1, -0.05) is 37.0 Å². The van der Waals surface area contributed by atoms with E-state index in [1.165, 1.54) is 6.42 Å². The number of benzene rings is 1. The van der Waals surface area contributed by atoms with E-state index in [4.69, 9.17) is 4.74 Å². The molecule has 5 heteroatoms. The van der Waals surface area contributed by atoms with Crippen molar-refractivity contribution in [3.05, 3.63) is 29.8 Å². The van der Waals surface area contributed by atoms with Crippen molar-refractivity contribution >= 4 is 11.9 Å². The first-order valence-corrected chi connectivity index (χ1v) is 7.89. The van der Waals surface area contributed by atoms with Gasteiger partial charge in [0.2, 0.25) is 0 Å². The second-order valence-corrected chi connectivity index (χ2v) is 5.87. The molecule has 1 aromatic carbocycles. The van der Waals surface area contributed by atoms with Gasteiger partial charge in [-0.05, 0) is 38.8 Å². The Morgan fingerprint density at radius 3 is 2.41 bits per heavy atom. The third kappa shape index (κ3) is 5.06. The van der Waals surface area contributed by atoms with Crippen molar-refractivity contribution in [3.63, 3.8) is 0 Å². The Kier molecular flexibility index (Phi) is 5.81. The number of hydrogen-bond donors (Lipinski definition) is 2. The molecule has 0 aliphatic heterocycles. The highest BCUT2D eigenvalue weighted by Gasteiger charge is 2.20. The summed E-state index contributed by atoms with van der Waals surface area (Å²) in [6, 6.07) is 7.18. The Hall–Kier alpha value is -2.04. The van der Waals surface area contributed by atoms with E-state index in [-0.39, 0.29) is 6.04 Å². The molecule has 0 radical (unpaired) electrons. The molecule has 3 amide bonds. The molecule has 1 fully saturated rings. The summed E-state index contributed by atoms with van der Waals surface area (Å²) in [4.78, 5) is 23.8. The number of carbonyl (C=O) groups is 2. The molecule has 0 saturated heterocycles. The molecule has 2 N–H and O–H groups in total. The number of urea groups is 1. The fourth-order valence-electron chi connectivity index (χ4n) is 2.56. The summed E-state index contributed by atoms with van der Waals surface area (Å²) >= 11 is 0. The maximum absolute atomic E-state index is 12.0. The maximum Gasteiger partial charge on any atom is 0.321 e. The Bertz CT molecular complexity index is 507. The number of aryl methyl sites for hydroxylation is 1.